The quantitative estimate of drug-likeness (QED) is 0.727. The number of carbonyl (C=O) groups is 2. The van der Waals surface area contributed by atoms with Gasteiger partial charge >= 0.3 is 0 Å². The van der Waals surface area contributed by atoms with Gasteiger partial charge in [-0.2, -0.15) is 0 Å². The lowest BCUT2D eigenvalue weighted by Crippen LogP contribution is -2.41. The van der Waals surface area contributed by atoms with Crippen LogP contribution in [0.25, 0.3) is 0 Å². The number of hydrogen-bond donors (Lipinski definition) is 2. The standard InChI is InChI=1S/C16H21N3O4S/c1-2-8-18-24(22,23)14-5-3-4-13(11-14)16(21)19-9-6-12(7-10-19)15(17)20/h2-5,11-12,18H,1,6-10H2,(H2,17,20). The van der Waals surface area contributed by atoms with Crippen molar-refractivity contribution in [3.05, 3.63) is 42.5 Å². The Morgan fingerprint density at radius 2 is 2.00 bits per heavy atom. The van der Waals surface area contributed by atoms with E-state index in [2.05, 4.69) is 11.3 Å². The smallest absolute Gasteiger partial charge is 0.253 e. The monoisotopic (exact) mass is 351 g/mol. The third-order valence-corrected chi connectivity index (χ3v) is 5.41. The first-order chi connectivity index (χ1) is 11.3. The molecule has 1 fully saturated rings. The van der Waals surface area contributed by atoms with E-state index in [0.29, 0.717) is 31.5 Å². The average molecular weight is 351 g/mol. The summed E-state index contributed by atoms with van der Waals surface area (Å²) in [5, 5.41) is 0. The number of nitrogens with two attached hydrogens (primary N) is 1. The van der Waals surface area contributed by atoms with Gasteiger partial charge < -0.3 is 10.6 Å². The van der Waals surface area contributed by atoms with Crippen molar-refractivity contribution in [2.45, 2.75) is 17.7 Å². The van der Waals surface area contributed by atoms with Crippen LogP contribution in [0, 0.1) is 5.92 Å². The molecule has 1 aromatic carbocycles. The molecule has 1 saturated heterocycles. The van der Waals surface area contributed by atoms with Gasteiger partial charge in [-0.05, 0) is 31.0 Å². The number of amides is 2. The summed E-state index contributed by atoms with van der Waals surface area (Å²) in [6.07, 6.45) is 2.50. The molecule has 0 spiro atoms. The summed E-state index contributed by atoms with van der Waals surface area (Å²) >= 11 is 0. The molecular weight excluding hydrogens is 330 g/mol. The van der Waals surface area contributed by atoms with Gasteiger partial charge in [0.25, 0.3) is 5.91 Å². The van der Waals surface area contributed by atoms with Crippen LogP contribution >= 0.6 is 0 Å². The Morgan fingerprint density at radius 1 is 1.33 bits per heavy atom. The summed E-state index contributed by atoms with van der Waals surface area (Å²) in [6.45, 7) is 4.43. The Morgan fingerprint density at radius 3 is 2.58 bits per heavy atom. The summed E-state index contributed by atoms with van der Waals surface area (Å²) in [4.78, 5) is 25.4. The van der Waals surface area contributed by atoms with Gasteiger partial charge in [0.05, 0.1) is 4.90 Å². The number of likely N-dealkylation sites (tertiary alicyclic amines) is 1. The molecule has 7 nitrogen and oxygen atoms in total. The van der Waals surface area contributed by atoms with Crippen LogP contribution in [-0.2, 0) is 14.8 Å². The summed E-state index contributed by atoms with van der Waals surface area (Å²) in [5.74, 6) is -0.800. The van der Waals surface area contributed by atoms with Crippen LogP contribution in [0.3, 0.4) is 0 Å². The van der Waals surface area contributed by atoms with Crippen molar-refractivity contribution in [1.29, 1.82) is 0 Å². The van der Waals surface area contributed by atoms with Crippen LogP contribution in [0.1, 0.15) is 23.2 Å². The maximum Gasteiger partial charge on any atom is 0.253 e. The molecule has 0 aliphatic carbocycles. The molecule has 1 aliphatic heterocycles. The number of benzene rings is 1. The molecule has 1 aromatic rings. The maximum absolute atomic E-state index is 12.5. The van der Waals surface area contributed by atoms with Gasteiger partial charge in [0.15, 0.2) is 0 Å². The molecule has 130 valence electrons. The van der Waals surface area contributed by atoms with Crippen molar-refractivity contribution in [1.82, 2.24) is 9.62 Å². The summed E-state index contributed by atoms with van der Waals surface area (Å²) < 4.78 is 26.6. The van der Waals surface area contributed by atoms with Crippen molar-refractivity contribution in [2.24, 2.45) is 11.7 Å². The minimum Gasteiger partial charge on any atom is -0.369 e. The number of nitrogens with zero attached hydrogens (tertiary/aromatic N) is 1. The number of sulfonamides is 1. The molecule has 0 unspecified atom stereocenters. The Balaban J connectivity index is 2.13. The third-order valence-electron chi connectivity index (χ3n) is 3.99. The van der Waals surface area contributed by atoms with Crippen molar-refractivity contribution in [3.63, 3.8) is 0 Å². The Kier molecular flexibility index (Phi) is 5.74. The van der Waals surface area contributed by atoms with E-state index in [0.717, 1.165) is 0 Å². The molecule has 0 radical (unpaired) electrons. The predicted octanol–water partition coefficient (Wildman–Crippen LogP) is 0.488. The molecule has 24 heavy (non-hydrogen) atoms. The fraction of sp³-hybridized carbons (Fsp3) is 0.375. The second-order valence-electron chi connectivity index (χ2n) is 5.64. The minimum absolute atomic E-state index is 0.0298. The van der Waals surface area contributed by atoms with Gasteiger partial charge in [0.2, 0.25) is 15.9 Å². The van der Waals surface area contributed by atoms with Crippen molar-refractivity contribution in [3.8, 4) is 0 Å². The summed E-state index contributed by atoms with van der Waals surface area (Å²) in [7, 11) is -3.68. The molecule has 0 aromatic heterocycles. The van der Waals surface area contributed by atoms with E-state index in [1.165, 1.54) is 24.3 Å². The first kappa shape index (κ1) is 18.2. The Bertz CT molecular complexity index is 737. The fourth-order valence-electron chi connectivity index (χ4n) is 2.60. The van der Waals surface area contributed by atoms with E-state index in [-0.39, 0.29) is 29.2 Å². The number of carbonyl (C=O) groups excluding carboxylic acids is 2. The zero-order chi connectivity index (χ0) is 17.7. The van der Waals surface area contributed by atoms with Crippen LogP contribution in [0.4, 0.5) is 0 Å². The highest BCUT2D eigenvalue weighted by Gasteiger charge is 2.27. The van der Waals surface area contributed by atoms with Crippen molar-refractivity contribution in [2.75, 3.05) is 19.6 Å². The molecule has 0 atom stereocenters. The Hall–Kier alpha value is -2.19. The normalized spacial score (nSPS) is 15.9. The van der Waals surface area contributed by atoms with Crippen molar-refractivity contribution < 1.29 is 18.0 Å². The van der Waals surface area contributed by atoms with E-state index in [9.17, 15) is 18.0 Å². The van der Waals surface area contributed by atoms with E-state index < -0.39 is 10.0 Å². The van der Waals surface area contributed by atoms with E-state index in [1.54, 1.807) is 11.0 Å². The molecule has 0 bridgehead atoms. The highest BCUT2D eigenvalue weighted by atomic mass is 32.2. The molecule has 2 rings (SSSR count). The molecule has 1 heterocycles. The van der Waals surface area contributed by atoms with Gasteiger partial charge in [-0.25, -0.2) is 13.1 Å². The number of piperidine rings is 1. The lowest BCUT2D eigenvalue weighted by atomic mass is 9.96. The van der Waals surface area contributed by atoms with E-state index >= 15 is 0 Å². The van der Waals surface area contributed by atoms with Crippen molar-refractivity contribution >= 4 is 21.8 Å². The molecule has 8 heteroatoms. The SMILES string of the molecule is C=CCNS(=O)(=O)c1cccc(C(=O)N2CCC(C(N)=O)CC2)c1. The molecule has 0 saturated carbocycles. The van der Waals surface area contributed by atoms with E-state index in [1.807, 2.05) is 0 Å². The van der Waals surface area contributed by atoms with Crippen LogP contribution < -0.4 is 10.5 Å². The third kappa shape index (κ3) is 4.21. The Labute approximate surface area is 141 Å². The second kappa shape index (κ2) is 7.59. The molecule has 2 amide bonds. The van der Waals surface area contributed by atoms with E-state index in [4.69, 9.17) is 5.73 Å². The van der Waals surface area contributed by atoms with Crippen LogP contribution in [0.2, 0.25) is 0 Å². The molecule has 1 aliphatic rings. The number of hydrogen-bond acceptors (Lipinski definition) is 4. The van der Waals surface area contributed by atoms with Gasteiger partial charge in [0.1, 0.15) is 0 Å². The number of rotatable bonds is 6. The van der Waals surface area contributed by atoms with Crippen LogP contribution in [-0.4, -0.2) is 44.8 Å². The number of nitrogens with one attached hydrogen (secondary N) is 1. The molecular formula is C16H21N3O4S. The maximum atomic E-state index is 12.5. The van der Waals surface area contributed by atoms with Crippen LogP contribution in [0.5, 0.6) is 0 Å². The first-order valence-corrected chi connectivity index (χ1v) is 9.12. The highest BCUT2D eigenvalue weighted by molar-refractivity contribution is 7.89. The minimum atomic E-state index is -3.68. The van der Waals surface area contributed by atoms with Gasteiger partial charge in [-0.1, -0.05) is 12.1 Å². The highest BCUT2D eigenvalue weighted by Crippen LogP contribution is 2.20. The number of primary amides is 1. The summed E-state index contributed by atoms with van der Waals surface area (Å²) in [6, 6.07) is 5.90. The largest absolute Gasteiger partial charge is 0.369 e. The van der Waals surface area contributed by atoms with Gasteiger partial charge in [-0.3, -0.25) is 9.59 Å². The topological polar surface area (TPSA) is 110 Å². The summed E-state index contributed by atoms with van der Waals surface area (Å²) in [5.41, 5.74) is 5.58. The molecule has 3 N–H and O–H groups in total. The van der Waals surface area contributed by atoms with Gasteiger partial charge in [-0.15, -0.1) is 6.58 Å². The second-order valence-corrected chi connectivity index (χ2v) is 7.40. The average Bonchev–Trinajstić information content (AvgIpc) is 2.59. The zero-order valence-electron chi connectivity index (χ0n) is 13.3. The fourth-order valence-corrected chi connectivity index (χ4v) is 3.64. The lowest BCUT2D eigenvalue weighted by molar-refractivity contribution is -0.123. The first-order valence-electron chi connectivity index (χ1n) is 7.64. The van der Waals surface area contributed by atoms with Crippen LogP contribution in [0.15, 0.2) is 41.8 Å². The predicted molar refractivity (Wildman–Crippen MR) is 89.6 cm³/mol. The van der Waals surface area contributed by atoms with Gasteiger partial charge in [0, 0.05) is 31.1 Å². The zero-order valence-corrected chi connectivity index (χ0v) is 14.1. The lowest BCUT2D eigenvalue weighted by Gasteiger charge is -2.30.